The zero-order valence-electron chi connectivity index (χ0n) is 14.1. The fourth-order valence-corrected chi connectivity index (χ4v) is 2.50. The number of nitrogens with zero attached hydrogens (tertiary/aromatic N) is 2. The third-order valence-electron chi connectivity index (χ3n) is 3.51. The van der Waals surface area contributed by atoms with Crippen LogP contribution in [0, 0.1) is 0 Å². The summed E-state index contributed by atoms with van der Waals surface area (Å²) in [6.07, 6.45) is 0. The monoisotopic (exact) mass is 374 g/mol. The van der Waals surface area contributed by atoms with Crippen molar-refractivity contribution in [3.63, 3.8) is 0 Å². The van der Waals surface area contributed by atoms with Crippen LogP contribution in [0.1, 0.15) is 16.2 Å². The molecule has 26 heavy (non-hydrogen) atoms. The summed E-state index contributed by atoms with van der Waals surface area (Å²) in [6, 6.07) is 12.0. The van der Waals surface area contributed by atoms with Gasteiger partial charge in [0.2, 0.25) is 5.82 Å². The van der Waals surface area contributed by atoms with Crippen LogP contribution < -0.4 is 9.47 Å². The maximum absolute atomic E-state index is 12.4. The second-order valence-electron chi connectivity index (χ2n) is 5.14. The van der Waals surface area contributed by atoms with Crippen molar-refractivity contribution < 1.29 is 23.5 Å². The first-order valence-corrected chi connectivity index (χ1v) is 7.97. The van der Waals surface area contributed by atoms with E-state index in [0.717, 1.165) is 0 Å². The summed E-state index contributed by atoms with van der Waals surface area (Å²) >= 11 is 5.95. The summed E-state index contributed by atoms with van der Waals surface area (Å²) in [5.41, 5.74) is 0.886. The highest BCUT2D eigenvalue weighted by Crippen LogP contribution is 2.29. The molecule has 1 heterocycles. The SMILES string of the molecule is COc1cccc(OC)c1C(=O)OCc1nc(-c2cccc(Cl)c2)no1. The first-order valence-electron chi connectivity index (χ1n) is 7.59. The molecule has 2 aromatic carbocycles. The highest BCUT2D eigenvalue weighted by molar-refractivity contribution is 6.30. The predicted octanol–water partition coefficient (Wildman–Crippen LogP) is 3.76. The number of ether oxygens (including phenoxy) is 3. The molecule has 7 nitrogen and oxygen atoms in total. The van der Waals surface area contributed by atoms with Crippen LogP contribution in [-0.2, 0) is 11.3 Å². The molecule has 0 saturated heterocycles. The molecule has 0 unspecified atom stereocenters. The van der Waals surface area contributed by atoms with Crippen LogP contribution in [0.5, 0.6) is 11.5 Å². The summed E-state index contributed by atoms with van der Waals surface area (Å²) in [5, 5.41) is 4.42. The van der Waals surface area contributed by atoms with Gasteiger partial charge in [0.25, 0.3) is 5.89 Å². The second kappa shape index (κ2) is 7.88. The van der Waals surface area contributed by atoms with Crippen LogP contribution in [0.2, 0.25) is 5.02 Å². The van der Waals surface area contributed by atoms with Gasteiger partial charge >= 0.3 is 5.97 Å². The maximum Gasteiger partial charge on any atom is 0.346 e. The fraction of sp³-hybridized carbons (Fsp3) is 0.167. The number of methoxy groups -OCH3 is 2. The van der Waals surface area contributed by atoms with E-state index in [4.69, 9.17) is 30.3 Å². The number of aromatic nitrogens is 2. The van der Waals surface area contributed by atoms with Gasteiger partial charge in [0.05, 0.1) is 14.2 Å². The molecule has 0 N–H and O–H groups in total. The molecule has 3 rings (SSSR count). The lowest BCUT2D eigenvalue weighted by molar-refractivity contribution is 0.0422. The van der Waals surface area contributed by atoms with E-state index in [9.17, 15) is 4.79 Å². The second-order valence-corrected chi connectivity index (χ2v) is 5.57. The largest absolute Gasteiger partial charge is 0.496 e. The Morgan fingerprint density at radius 2 is 1.81 bits per heavy atom. The van der Waals surface area contributed by atoms with Gasteiger partial charge in [0.15, 0.2) is 6.61 Å². The van der Waals surface area contributed by atoms with E-state index >= 15 is 0 Å². The van der Waals surface area contributed by atoms with Crippen molar-refractivity contribution in [1.29, 1.82) is 0 Å². The number of esters is 1. The van der Waals surface area contributed by atoms with Crippen molar-refractivity contribution in [1.82, 2.24) is 10.1 Å². The fourth-order valence-electron chi connectivity index (χ4n) is 2.31. The Morgan fingerprint density at radius 1 is 1.12 bits per heavy atom. The Hall–Kier alpha value is -3.06. The van der Waals surface area contributed by atoms with Crippen LogP contribution in [0.15, 0.2) is 47.0 Å². The van der Waals surface area contributed by atoms with Crippen molar-refractivity contribution in [3.8, 4) is 22.9 Å². The van der Waals surface area contributed by atoms with Gasteiger partial charge in [0, 0.05) is 10.6 Å². The van der Waals surface area contributed by atoms with Crippen LogP contribution in [0.3, 0.4) is 0 Å². The van der Waals surface area contributed by atoms with Gasteiger partial charge in [0.1, 0.15) is 17.1 Å². The zero-order chi connectivity index (χ0) is 18.5. The topological polar surface area (TPSA) is 83.7 Å². The Balaban J connectivity index is 1.73. The van der Waals surface area contributed by atoms with Gasteiger partial charge in [-0.25, -0.2) is 4.79 Å². The lowest BCUT2D eigenvalue weighted by Gasteiger charge is -2.11. The molecule has 3 aromatic rings. The Kier molecular flexibility index (Phi) is 5.38. The smallest absolute Gasteiger partial charge is 0.346 e. The summed E-state index contributed by atoms with van der Waals surface area (Å²) < 4.78 is 20.7. The van der Waals surface area contributed by atoms with Gasteiger partial charge in [-0.1, -0.05) is 35.0 Å². The summed E-state index contributed by atoms with van der Waals surface area (Å²) in [4.78, 5) is 16.6. The third-order valence-corrected chi connectivity index (χ3v) is 3.74. The van der Waals surface area contributed by atoms with E-state index in [1.807, 2.05) is 0 Å². The van der Waals surface area contributed by atoms with E-state index in [-0.39, 0.29) is 18.1 Å². The highest BCUT2D eigenvalue weighted by atomic mass is 35.5. The summed E-state index contributed by atoms with van der Waals surface area (Å²) in [5.74, 6) is 0.580. The Bertz CT molecular complexity index is 903. The minimum atomic E-state index is -0.623. The number of rotatable bonds is 6. The molecule has 0 amide bonds. The van der Waals surface area contributed by atoms with Crippen LogP contribution in [0.25, 0.3) is 11.4 Å². The van der Waals surface area contributed by atoms with E-state index in [1.165, 1.54) is 14.2 Å². The third kappa shape index (κ3) is 3.78. The lowest BCUT2D eigenvalue weighted by atomic mass is 10.2. The summed E-state index contributed by atoms with van der Waals surface area (Å²) in [6.45, 7) is -0.187. The molecule has 8 heteroatoms. The van der Waals surface area contributed by atoms with Gasteiger partial charge in [-0.2, -0.15) is 4.98 Å². The van der Waals surface area contributed by atoms with Crippen molar-refractivity contribution in [2.45, 2.75) is 6.61 Å². The van der Waals surface area contributed by atoms with Gasteiger partial charge in [-0.15, -0.1) is 0 Å². The number of halogens is 1. The van der Waals surface area contributed by atoms with Crippen molar-refractivity contribution >= 4 is 17.6 Å². The standard InChI is InChI=1S/C18H15ClN2O5/c1-23-13-7-4-8-14(24-2)16(13)18(22)25-10-15-20-17(21-26-15)11-5-3-6-12(19)9-11/h3-9H,10H2,1-2H3. The molecule has 0 fully saturated rings. The molecule has 0 spiro atoms. The Labute approximate surface area is 154 Å². The zero-order valence-corrected chi connectivity index (χ0v) is 14.8. The molecule has 0 aliphatic carbocycles. The number of carbonyl (C=O) groups is 1. The molecule has 0 bridgehead atoms. The maximum atomic E-state index is 12.4. The van der Waals surface area contributed by atoms with Gasteiger partial charge in [-0.05, 0) is 24.3 Å². The lowest BCUT2D eigenvalue weighted by Crippen LogP contribution is -2.09. The minimum absolute atomic E-state index is 0.155. The quantitative estimate of drug-likeness (QED) is 0.607. The molecule has 134 valence electrons. The molecule has 1 aromatic heterocycles. The predicted molar refractivity (Wildman–Crippen MR) is 93.4 cm³/mol. The molecule has 0 aliphatic heterocycles. The van der Waals surface area contributed by atoms with Gasteiger partial charge in [-0.3, -0.25) is 0 Å². The van der Waals surface area contributed by atoms with Gasteiger partial charge < -0.3 is 18.7 Å². The van der Waals surface area contributed by atoms with Crippen LogP contribution >= 0.6 is 11.6 Å². The number of hydrogen-bond donors (Lipinski definition) is 0. The number of carbonyl (C=O) groups excluding carboxylic acids is 1. The average molecular weight is 375 g/mol. The van der Waals surface area contributed by atoms with E-state index in [0.29, 0.717) is 27.9 Å². The minimum Gasteiger partial charge on any atom is -0.496 e. The average Bonchev–Trinajstić information content (AvgIpc) is 3.14. The number of benzene rings is 2. The van der Waals surface area contributed by atoms with Crippen molar-refractivity contribution in [2.24, 2.45) is 0 Å². The van der Waals surface area contributed by atoms with Crippen molar-refractivity contribution in [2.75, 3.05) is 14.2 Å². The summed E-state index contributed by atoms with van der Waals surface area (Å²) in [7, 11) is 2.92. The van der Waals surface area contributed by atoms with Crippen LogP contribution in [0.4, 0.5) is 0 Å². The Morgan fingerprint density at radius 3 is 2.46 bits per heavy atom. The van der Waals surface area contributed by atoms with Crippen LogP contribution in [-0.4, -0.2) is 30.3 Å². The molecule has 0 aliphatic rings. The first-order chi connectivity index (χ1) is 12.6. The molecule has 0 saturated carbocycles. The van der Waals surface area contributed by atoms with Crippen molar-refractivity contribution in [3.05, 3.63) is 58.9 Å². The number of hydrogen-bond acceptors (Lipinski definition) is 7. The van der Waals surface area contributed by atoms with E-state index < -0.39 is 5.97 Å². The molecular formula is C18H15ClN2O5. The highest BCUT2D eigenvalue weighted by Gasteiger charge is 2.21. The van der Waals surface area contributed by atoms with E-state index in [2.05, 4.69) is 10.1 Å². The first kappa shape index (κ1) is 17.8. The molecule has 0 atom stereocenters. The molecular weight excluding hydrogens is 360 g/mol. The molecule has 0 radical (unpaired) electrons. The van der Waals surface area contributed by atoms with E-state index in [1.54, 1.807) is 42.5 Å². The normalized spacial score (nSPS) is 10.4.